The van der Waals surface area contributed by atoms with Crippen LogP contribution in [0.1, 0.15) is 47.2 Å². The van der Waals surface area contributed by atoms with Crippen molar-refractivity contribution in [3.8, 4) is 22.3 Å². The topological polar surface area (TPSA) is 118 Å². The highest BCUT2D eigenvalue weighted by Gasteiger charge is 2.42. The molecule has 3 heterocycles. The smallest absolute Gasteiger partial charge is 0.289 e. The zero-order valence-electron chi connectivity index (χ0n) is 26.9. The third-order valence-electron chi connectivity index (χ3n) is 8.97. The highest BCUT2D eigenvalue weighted by Crippen LogP contribution is 2.33. The number of halogens is 3. The Hall–Kier alpha value is -5.49. The summed E-state index contributed by atoms with van der Waals surface area (Å²) in [5.74, 6) is -2.19. The summed E-state index contributed by atoms with van der Waals surface area (Å²) in [5, 5.41) is 3.80. The molecule has 1 saturated heterocycles. The van der Waals surface area contributed by atoms with E-state index >= 15 is 4.48 Å². The number of fused-ring (bicyclic) bond motifs is 1. The van der Waals surface area contributed by atoms with E-state index in [2.05, 4.69) is 15.3 Å². The lowest BCUT2D eigenvalue weighted by Crippen LogP contribution is -2.46. The summed E-state index contributed by atoms with van der Waals surface area (Å²) in [6, 6.07) is 17.3. The number of rotatable bonds is 9. The number of aromatic nitrogens is 3. The van der Waals surface area contributed by atoms with E-state index in [9.17, 15) is 23.6 Å². The van der Waals surface area contributed by atoms with Crippen molar-refractivity contribution in [1.29, 1.82) is 0 Å². The molecule has 5 aromatic rings. The third kappa shape index (κ3) is 6.58. The first-order valence-electron chi connectivity index (χ1n) is 16.1. The average molecular weight is 697 g/mol. The molecule has 50 heavy (non-hydrogen) atoms. The van der Waals surface area contributed by atoms with Crippen molar-refractivity contribution in [2.45, 2.75) is 51.0 Å². The Morgan fingerprint density at radius 2 is 1.72 bits per heavy atom. The molecule has 13 heteroatoms. The van der Waals surface area contributed by atoms with Gasteiger partial charge in [-0.1, -0.05) is 52.5 Å². The van der Waals surface area contributed by atoms with Crippen LogP contribution < -0.4 is 10.4 Å². The number of hydrogen-bond acceptors (Lipinski definition) is 6. The summed E-state index contributed by atoms with van der Waals surface area (Å²) < 4.78 is 32.0. The molecule has 2 atom stereocenters. The molecule has 10 nitrogen and oxygen atoms in total. The van der Waals surface area contributed by atoms with Crippen molar-refractivity contribution in [2.24, 2.45) is 0 Å². The third-order valence-corrected chi connectivity index (χ3v) is 9.30. The van der Waals surface area contributed by atoms with Gasteiger partial charge in [0.05, 0.1) is 12.2 Å². The van der Waals surface area contributed by atoms with Crippen molar-refractivity contribution in [2.75, 3.05) is 11.7 Å². The Bertz CT molecular complexity index is 2150. The van der Waals surface area contributed by atoms with E-state index in [-0.39, 0.29) is 53.9 Å². The van der Waals surface area contributed by atoms with Gasteiger partial charge in [-0.25, -0.2) is 14.4 Å². The largest absolute Gasteiger partial charge is 0.347 e. The summed E-state index contributed by atoms with van der Waals surface area (Å²) in [4.78, 5) is 61.6. The highest BCUT2D eigenvalue weighted by molar-refractivity contribution is 6.33. The molecule has 2 fully saturated rings. The normalized spacial score (nSPS) is 17.2. The number of nitrogens with zero attached hydrogens (tertiary/aromatic N) is 5. The Morgan fingerprint density at radius 1 is 0.960 bits per heavy atom. The van der Waals surface area contributed by atoms with Gasteiger partial charge >= 0.3 is 0 Å². The number of ketones is 1. The van der Waals surface area contributed by atoms with Gasteiger partial charge in [-0.15, -0.1) is 5.12 Å². The lowest BCUT2D eigenvalue weighted by molar-refractivity contribution is -0.138. The lowest BCUT2D eigenvalue weighted by atomic mass is 10.0. The van der Waals surface area contributed by atoms with Crippen LogP contribution in [-0.2, 0) is 16.1 Å². The zero-order chi connectivity index (χ0) is 35.1. The molecule has 7 rings (SSSR count). The van der Waals surface area contributed by atoms with Gasteiger partial charge in [0.15, 0.2) is 5.78 Å². The number of nitrogens with one attached hydrogen (secondary N) is 1. The fourth-order valence-electron chi connectivity index (χ4n) is 6.24. The SMILES string of the molecule is CC(=O)c1cn(CC(=O)N2C[C@H](F)C[C@H]2C(=O)N(F)c2cccc(-c3ccccc3Cl)c2)c2ccc(-c3cnc(C(=O)NC4CC4)nc3)cc12. The number of Topliss-reactive ketones (excluding diaryl/α,β-unsaturated/α-hetero) is 1. The van der Waals surface area contributed by atoms with Gasteiger partial charge in [0, 0.05) is 63.7 Å². The van der Waals surface area contributed by atoms with Gasteiger partial charge < -0.3 is 14.8 Å². The van der Waals surface area contributed by atoms with Crippen LogP contribution in [0.5, 0.6) is 0 Å². The molecule has 2 aromatic heterocycles. The summed E-state index contributed by atoms with van der Waals surface area (Å²) in [6.45, 7) is 0.714. The molecule has 1 N–H and O–H groups in total. The van der Waals surface area contributed by atoms with Crippen LogP contribution in [0.25, 0.3) is 33.2 Å². The first kappa shape index (κ1) is 33.0. The average Bonchev–Trinajstić information content (AvgIpc) is 3.74. The van der Waals surface area contributed by atoms with E-state index < -0.39 is 24.0 Å². The van der Waals surface area contributed by atoms with Gasteiger partial charge in [-0.3, -0.25) is 19.2 Å². The first-order valence-corrected chi connectivity index (χ1v) is 16.5. The maximum absolute atomic E-state index is 15.7. The van der Waals surface area contributed by atoms with Crippen LogP contribution in [0.4, 0.5) is 14.6 Å². The van der Waals surface area contributed by atoms with Crippen LogP contribution >= 0.6 is 11.6 Å². The van der Waals surface area contributed by atoms with E-state index in [0.29, 0.717) is 43.7 Å². The molecular formula is C37H31ClF2N6O4. The van der Waals surface area contributed by atoms with Gasteiger partial charge in [0.1, 0.15) is 18.8 Å². The Labute approximate surface area is 290 Å². The molecular weight excluding hydrogens is 666 g/mol. The van der Waals surface area contributed by atoms with E-state index in [1.807, 2.05) is 0 Å². The Kier molecular flexibility index (Phi) is 8.87. The minimum absolute atomic E-state index is 0.0560. The number of carbonyl (C=O) groups is 4. The van der Waals surface area contributed by atoms with Crippen molar-refractivity contribution < 1.29 is 28.0 Å². The molecule has 1 saturated carbocycles. The lowest BCUT2D eigenvalue weighted by Gasteiger charge is -2.26. The minimum Gasteiger partial charge on any atom is -0.347 e. The second-order valence-electron chi connectivity index (χ2n) is 12.5. The first-order chi connectivity index (χ1) is 24.1. The predicted octanol–water partition coefficient (Wildman–Crippen LogP) is 6.37. The molecule has 2 aliphatic rings. The molecule has 254 valence electrons. The summed E-state index contributed by atoms with van der Waals surface area (Å²) in [7, 11) is 0. The molecule has 0 radical (unpaired) electrons. The Balaban J connectivity index is 1.11. The van der Waals surface area contributed by atoms with Crippen molar-refractivity contribution in [1.82, 2.24) is 24.8 Å². The number of hydrogen-bond donors (Lipinski definition) is 1. The molecule has 0 unspecified atom stereocenters. The van der Waals surface area contributed by atoms with Gasteiger partial charge in [0.25, 0.3) is 11.8 Å². The van der Waals surface area contributed by atoms with Crippen LogP contribution in [0.15, 0.2) is 85.3 Å². The number of benzene rings is 3. The maximum Gasteiger partial charge on any atom is 0.289 e. The molecule has 1 aliphatic carbocycles. The van der Waals surface area contributed by atoms with E-state index in [4.69, 9.17) is 11.6 Å². The Morgan fingerprint density at radius 3 is 2.44 bits per heavy atom. The number of carbonyl (C=O) groups excluding carboxylic acids is 4. The molecule has 0 spiro atoms. The fraction of sp³-hybridized carbons (Fsp3) is 0.243. The molecule has 3 amide bonds. The van der Waals surface area contributed by atoms with E-state index in [1.54, 1.807) is 59.2 Å². The van der Waals surface area contributed by atoms with Crippen LogP contribution in [-0.4, -0.2) is 67.7 Å². The predicted molar refractivity (Wildman–Crippen MR) is 184 cm³/mol. The minimum atomic E-state index is -1.53. The zero-order valence-corrected chi connectivity index (χ0v) is 27.6. The number of likely N-dealkylation sites (tertiary alicyclic amines) is 1. The van der Waals surface area contributed by atoms with Crippen LogP contribution in [0.2, 0.25) is 5.02 Å². The van der Waals surface area contributed by atoms with Gasteiger partial charge in [0.2, 0.25) is 11.7 Å². The van der Waals surface area contributed by atoms with Crippen molar-refractivity contribution >= 4 is 51.7 Å². The quantitative estimate of drug-likeness (QED) is 0.141. The number of anilines is 1. The van der Waals surface area contributed by atoms with Crippen molar-refractivity contribution in [3.05, 3.63) is 102 Å². The summed E-state index contributed by atoms with van der Waals surface area (Å²) in [5.41, 5.74) is 3.35. The van der Waals surface area contributed by atoms with E-state index in [1.165, 1.54) is 37.6 Å². The van der Waals surface area contributed by atoms with Gasteiger partial charge in [-0.2, -0.15) is 0 Å². The highest BCUT2D eigenvalue weighted by atomic mass is 35.5. The molecule has 1 aliphatic heterocycles. The van der Waals surface area contributed by atoms with Crippen molar-refractivity contribution in [3.63, 3.8) is 0 Å². The fourth-order valence-corrected chi connectivity index (χ4v) is 6.48. The van der Waals surface area contributed by atoms with Gasteiger partial charge in [-0.05, 0) is 61.2 Å². The summed E-state index contributed by atoms with van der Waals surface area (Å²) >= 11 is 6.31. The second kappa shape index (κ2) is 13.4. The number of alkyl halides is 1. The maximum atomic E-state index is 15.7. The second-order valence-corrected chi connectivity index (χ2v) is 13.0. The number of amides is 3. The van der Waals surface area contributed by atoms with Crippen LogP contribution in [0, 0.1) is 0 Å². The summed E-state index contributed by atoms with van der Waals surface area (Å²) in [6.07, 6.45) is 4.60. The molecule has 3 aromatic carbocycles. The standard InChI is InChI=1S/C37H31ClF2N6O4/c1-21(47)30-19-44(32-12-9-22(14-29(30)32)24-16-41-35(42-17-24)36(49)43-26-10-11-26)20-34(48)45-18-25(39)15-33(45)37(50)46(40)27-6-4-5-23(13-27)28-7-2-3-8-31(28)38/h2-9,12-14,16-17,19,25-26,33H,10-11,15,18,20H2,1H3,(H,43,49)/t25-,33+/m1/s1. The monoisotopic (exact) mass is 696 g/mol. The van der Waals surface area contributed by atoms with E-state index in [0.717, 1.165) is 17.7 Å². The van der Waals surface area contributed by atoms with Crippen LogP contribution in [0.3, 0.4) is 0 Å². The molecule has 0 bridgehead atoms.